The molecule has 25 heavy (non-hydrogen) atoms. The molecule has 0 aliphatic rings. The lowest BCUT2D eigenvalue weighted by Crippen LogP contribution is -2.25. The summed E-state index contributed by atoms with van der Waals surface area (Å²) < 4.78 is 1.07. The van der Waals surface area contributed by atoms with Crippen LogP contribution in [0.25, 0.3) is 5.69 Å². The van der Waals surface area contributed by atoms with Crippen LogP contribution >= 0.6 is 0 Å². The quantitative estimate of drug-likeness (QED) is 0.764. The van der Waals surface area contributed by atoms with Crippen LogP contribution in [0.5, 0.6) is 5.75 Å². The first kappa shape index (κ1) is 16.4. The molecule has 2 heterocycles. The molecular formula is C18H16N4O3. The molecule has 0 aliphatic heterocycles. The minimum absolute atomic E-state index is 0.260. The van der Waals surface area contributed by atoms with Crippen LogP contribution in [-0.2, 0) is 0 Å². The van der Waals surface area contributed by atoms with Crippen molar-refractivity contribution in [3.8, 4) is 11.4 Å². The Kier molecular flexibility index (Phi) is 4.30. The average molecular weight is 336 g/mol. The van der Waals surface area contributed by atoms with Crippen molar-refractivity contribution in [2.24, 2.45) is 0 Å². The first-order valence-electron chi connectivity index (χ1n) is 7.59. The molecule has 0 radical (unpaired) electrons. The molecule has 0 fully saturated rings. The van der Waals surface area contributed by atoms with Crippen molar-refractivity contribution in [3.05, 3.63) is 75.8 Å². The van der Waals surface area contributed by atoms with E-state index in [1.165, 1.54) is 0 Å². The predicted octanol–water partition coefficient (Wildman–Crippen LogP) is 2.20. The first-order chi connectivity index (χ1) is 11.9. The summed E-state index contributed by atoms with van der Waals surface area (Å²) in [6.07, 6.45) is 0. The van der Waals surface area contributed by atoms with Crippen molar-refractivity contribution in [1.29, 1.82) is 0 Å². The number of benzene rings is 1. The van der Waals surface area contributed by atoms with Crippen LogP contribution in [0.2, 0.25) is 0 Å². The maximum Gasteiger partial charge on any atom is 0.281 e. The molecule has 2 N–H and O–H groups in total. The number of pyridine rings is 1. The van der Waals surface area contributed by atoms with E-state index in [2.05, 4.69) is 15.4 Å². The third kappa shape index (κ3) is 3.55. The zero-order valence-corrected chi connectivity index (χ0v) is 13.7. The number of rotatable bonds is 3. The topological polar surface area (TPSA) is 97.1 Å². The molecule has 0 atom stereocenters. The molecule has 0 unspecified atom stereocenters. The number of aryl methyl sites for hydroxylation is 2. The van der Waals surface area contributed by atoms with Crippen molar-refractivity contribution in [2.45, 2.75) is 13.8 Å². The maximum atomic E-state index is 12.4. The van der Waals surface area contributed by atoms with Crippen LogP contribution in [0, 0.1) is 13.8 Å². The van der Waals surface area contributed by atoms with E-state index in [0.717, 1.165) is 22.0 Å². The largest absolute Gasteiger partial charge is 0.505 e. The number of hydrogen-bond acceptors (Lipinski definition) is 5. The van der Waals surface area contributed by atoms with E-state index in [-0.39, 0.29) is 5.69 Å². The summed E-state index contributed by atoms with van der Waals surface area (Å²) in [7, 11) is 0. The Labute approximate surface area is 143 Å². The minimum Gasteiger partial charge on any atom is -0.505 e. The summed E-state index contributed by atoms with van der Waals surface area (Å²) >= 11 is 0. The molecule has 0 saturated heterocycles. The molecule has 1 amide bonds. The molecule has 126 valence electrons. The monoisotopic (exact) mass is 336 g/mol. The summed E-state index contributed by atoms with van der Waals surface area (Å²) in [6.45, 7) is 3.68. The highest BCUT2D eigenvalue weighted by Crippen LogP contribution is 2.15. The fourth-order valence-corrected chi connectivity index (χ4v) is 2.34. The van der Waals surface area contributed by atoms with Crippen molar-refractivity contribution in [2.75, 3.05) is 5.32 Å². The summed E-state index contributed by atoms with van der Waals surface area (Å²) in [4.78, 5) is 28.7. The molecule has 7 nitrogen and oxygen atoms in total. The number of nitrogens with one attached hydrogen (secondary N) is 1. The summed E-state index contributed by atoms with van der Waals surface area (Å²) in [5.74, 6) is -0.810. The smallest absolute Gasteiger partial charge is 0.281 e. The second-order valence-corrected chi connectivity index (χ2v) is 5.59. The second-order valence-electron chi connectivity index (χ2n) is 5.59. The number of anilines is 1. The number of nitrogens with zero attached hydrogens (tertiary/aromatic N) is 3. The van der Waals surface area contributed by atoms with Gasteiger partial charge in [0.2, 0.25) is 0 Å². The Morgan fingerprint density at radius 2 is 1.88 bits per heavy atom. The minimum atomic E-state index is -0.656. The Bertz CT molecular complexity index is 1010. The lowest BCUT2D eigenvalue weighted by Gasteiger charge is -2.10. The van der Waals surface area contributed by atoms with Crippen molar-refractivity contribution < 1.29 is 9.90 Å². The highest BCUT2D eigenvalue weighted by Gasteiger charge is 2.17. The fraction of sp³-hybridized carbons (Fsp3) is 0.111. The van der Waals surface area contributed by atoms with Gasteiger partial charge in [-0.1, -0.05) is 18.2 Å². The van der Waals surface area contributed by atoms with Crippen molar-refractivity contribution >= 4 is 11.7 Å². The van der Waals surface area contributed by atoms with E-state index >= 15 is 0 Å². The van der Waals surface area contributed by atoms with Crippen LogP contribution in [0.3, 0.4) is 0 Å². The lowest BCUT2D eigenvalue weighted by molar-refractivity contribution is 0.101. The standard InChI is InChI=1S/C18H16N4O3/c1-11-5-3-7-13(9-11)22-16(24)10-14(23)17(21-22)18(25)20-15-8-4-6-12(2)19-15/h3-10,23H,1-2H3,(H,19,20,25). The molecule has 3 rings (SSSR count). The summed E-state index contributed by atoms with van der Waals surface area (Å²) in [5, 5.41) is 16.5. The van der Waals surface area contributed by atoms with Crippen LogP contribution in [0.1, 0.15) is 21.7 Å². The third-order valence-corrected chi connectivity index (χ3v) is 3.50. The van der Waals surface area contributed by atoms with Gasteiger partial charge < -0.3 is 10.4 Å². The van der Waals surface area contributed by atoms with E-state index in [0.29, 0.717) is 11.5 Å². The van der Waals surface area contributed by atoms with Crippen LogP contribution < -0.4 is 10.9 Å². The van der Waals surface area contributed by atoms with Gasteiger partial charge in [0.25, 0.3) is 11.5 Å². The summed E-state index contributed by atoms with van der Waals surface area (Å²) in [5.41, 5.74) is 1.39. The van der Waals surface area contributed by atoms with E-state index < -0.39 is 17.2 Å². The van der Waals surface area contributed by atoms with Crippen molar-refractivity contribution in [1.82, 2.24) is 14.8 Å². The number of hydrogen-bond donors (Lipinski definition) is 2. The van der Waals surface area contributed by atoms with Gasteiger partial charge >= 0.3 is 0 Å². The average Bonchev–Trinajstić information content (AvgIpc) is 2.54. The highest BCUT2D eigenvalue weighted by atomic mass is 16.3. The second kappa shape index (κ2) is 6.56. The van der Waals surface area contributed by atoms with Crippen molar-refractivity contribution in [3.63, 3.8) is 0 Å². The zero-order valence-electron chi connectivity index (χ0n) is 13.7. The van der Waals surface area contributed by atoms with Crippen LogP contribution in [0.15, 0.2) is 53.3 Å². The zero-order chi connectivity index (χ0) is 18.0. The third-order valence-electron chi connectivity index (χ3n) is 3.50. The molecule has 0 saturated carbocycles. The molecule has 3 aromatic rings. The Hall–Kier alpha value is -3.48. The molecule has 0 bridgehead atoms. The van der Waals surface area contributed by atoms with Gasteiger partial charge in [0, 0.05) is 11.8 Å². The number of aromatic hydroxyl groups is 1. The molecule has 0 aliphatic carbocycles. The van der Waals surface area contributed by atoms with Gasteiger partial charge in [-0.05, 0) is 43.7 Å². The molecule has 7 heteroatoms. The number of aromatic nitrogens is 3. The molecule has 1 aromatic carbocycles. The molecular weight excluding hydrogens is 320 g/mol. The van der Waals surface area contributed by atoms with E-state index in [1.54, 1.807) is 43.3 Å². The number of amides is 1. The van der Waals surface area contributed by atoms with E-state index in [1.807, 2.05) is 13.0 Å². The summed E-state index contributed by atoms with van der Waals surface area (Å²) in [6, 6.07) is 13.3. The Morgan fingerprint density at radius 3 is 2.60 bits per heavy atom. The predicted molar refractivity (Wildman–Crippen MR) is 93.2 cm³/mol. The van der Waals surface area contributed by atoms with Gasteiger partial charge in [-0.15, -0.1) is 0 Å². The molecule has 0 spiro atoms. The maximum absolute atomic E-state index is 12.4. The fourth-order valence-electron chi connectivity index (χ4n) is 2.34. The Morgan fingerprint density at radius 1 is 1.12 bits per heavy atom. The van der Waals surface area contributed by atoms with Gasteiger partial charge in [0.15, 0.2) is 11.4 Å². The Balaban J connectivity index is 2.00. The highest BCUT2D eigenvalue weighted by molar-refractivity contribution is 6.04. The van der Waals surface area contributed by atoms with E-state index in [9.17, 15) is 14.7 Å². The lowest BCUT2D eigenvalue weighted by atomic mass is 10.2. The van der Waals surface area contributed by atoms with Crippen LogP contribution in [-0.4, -0.2) is 25.8 Å². The molecule has 2 aromatic heterocycles. The van der Waals surface area contributed by atoms with E-state index in [4.69, 9.17) is 0 Å². The van der Waals surface area contributed by atoms with Crippen LogP contribution in [0.4, 0.5) is 5.82 Å². The first-order valence-corrected chi connectivity index (χ1v) is 7.59. The number of carbonyl (C=O) groups is 1. The van der Waals surface area contributed by atoms with Gasteiger partial charge in [-0.2, -0.15) is 9.78 Å². The number of carbonyl (C=O) groups excluding carboxylic acids is 1. The SMILES string of the molecule is Cc1cccc(-n2nc(C(=O)Nc3cccc(C)n3)c(O)cc2=O)c1. The van der Waals surface area contributed by atoms with Gasteiger partial charge in [0.05, 0.1) is 5.69 Å². The van der Waals surface area contributed by atoms with Gasteiger partial charge in [-0.3, -0.25) is 9.59 Å². The van der Waals surface area contributed by atoms with Gasteiger partial charge in [-0.25, -0.2) is 4.98 Å². The van der Waals surface area contributed by atoms with Gasteiger partial charge in [0.1, 0.15) is 5.82 Å². The normalized spacial score (nSPS) is 10.5.